The second-order valence-corrected chi connectivity index (χ2v) is 2.92. The minimum absolute atomic E-state index is 0.0972. The summed E-state index contributed by atoms with van der Waals surface area (Å²) in [5.74, 6) is 0.264. The maximum atomic E-state index is 11.0. The van der Waals surface area contributed by atoms with Crippen LogP contribution in [0, 0.1) is 0 Å². The Kier molecular flexibility index (Phi) is 5.12. The summed E-state index contributed by atoms with van der Waals surface area (Å²) in [5, 5.41) is 0. The van der Waals surface area contributed by atoms with Gasteiger partial charge in [-0.1, -0.05) is 13.8 Å². The topological polar surface area (TPSA) is 20.3 Å². The van der Waals surface area contributed by atoms with Gasteiger partial charge >= 0.3 is 0 Å². The Bertz CT molecular complexity index is 123. The first-order valence-electron chi connectivity index (χ1n) is 4.38. The van der Waals surface area contributed by atoms with Gasteiger partial charge in [0.15, 0.2) is 0 Å². The van der Waals surface area contributed by atoms with Crippen LogP contribution in [0.25, 0.3) is 0 Å². The van der Waals surface area contributed by atoms with Gasteiger partial charge < -0.3 is 0 Å². The highest BCUT2D eigenvalue weighted by molar-refractivity contribution is 5.80. The molecule has 0 fully saturated rings. The molecule has 0 N–H and O–H groups in total. The van der Waals surface area contributed by atoms with Crippen LogP contribution in [-0.2, 0) is 4.79 Å². The third-order valence-electron chi connectivity index (χ3n) is 2.05. The van der Waals surface area contributed by atoms with Crippen LogP contribution in [0.1, 0.15) is 34.1 Å². The van der Waals surface area contributed by atoms with Crippen molar-refractivity contribution < 1.29 is 4.79 Å². The van der Waals surface area contributed by atoms with Gasteiger partial charge in [0.2, 0.25) is 0 Å². The summed E-state index contributed by atoms with van der Waals surface area (Å²) in [4.78, 5) is 13.2. The molecule has 0 saturated carbocycles. The van der Waals surface area contributed by atoms with Crippen molar-refractivity contribution in [1.29, 1.82) is 0 Å². The number of Topliss-reactive ketones (excluding diaryl/α,β-unsaturated/α-hetero) is 1. The molecule has 0 heterocycles. The Morgan fingerprint density at radius 3 is 2.27 bits per heavy atom. The van der Waals surface area contributed by atoms with Crippen LogP contribution in [0.2, 0.25) is 0 Å². The lowest BCUT2D eigenvalue weighted by molar-refractivity contribution is -0.121. The first-order valence-corrected chi connectivity index (χ1v) is 4.38. The van der Waals surface area contributed by atoms with Gasteiger partial charge in [0, 0.05) is 0 Å². The number of carbonyl (C=O) groups excluding carboxylic acids is 1. The molecule has 11 heavy (non-hydrogen) atoms. The molecule has 0 spiro atoms. The molecule has 1 unspecified atom stereocenters. The summed E-state index contributed by atoms with van der Waals surface area (Å²) in [6.45, 7) is 9.85. The predicted octanol–water partition coefficient (Wildman–Crippen LogP) is 1.70. The second kappa shape index (κ2) is 5.30. The zero-order valence-electron chi connectivity index (χ0n) is 8.05. The van der Waals surface area contributed by atoms with Crippen molar-refractivity contribution in [3.63, 3.8) is 0 Å². The molecule has 0 rings (SSSR count). The Hall–Kier alpha value is -0.370. The summed E-state index contributed by atoms with van der Waals surface area (Å²) < 4.78 is 0. The molecule has 0 aliphatic heterocycles. The third kappa shape index (κ3) is 3.51. The van der Waals surface area contributed by atoms with Crippen LogP contribution in [0.15, 0.2) is 0 Å². The van der Waals surface area contributed by atoms with Gasteiger partial charge in [-0.05, 0) is 33.4 Å². The standard InChI is InChI=1S/C9H19NO/c1-5-7-10(6-2)8(3)9(4)11/h8H,5-7H2,1-4H3. The molecule has 0 aliphatic carbocycles. The van der Waals surface area contributed by atoms with Crippen LogP contribution < -0.4 is 0 Å². The maximum absolute atomic E-state index is 11.0. The van der Waals surface area contributed by atoms with Crippen LogP contribution in [-0.4, -0.2) is 29.8 Å². The number of likely N-dealkylation sites (N-methyl/N-ethyl adjacent to an activating group) is 1. The smallest absolute Gasteiger partial charge is 0.146 e. The average molecular weight is 157 g/mol. The Labute approximate surface area is 69.6 Å². The molecule has 2 heteroatoms. The number of hydrogen-bond donors (Lipinski definition) is 0. The highest BCUT2D eigenvalue weighted by atomic mass is 16.1. The second-order valence-electron chi connectivity index (χ2n) is 2.92. The van der Waals surface area contributed by atoms with E-state index in [1.807, 2.05) is 6.92 Å². The molecule has 0 amide bonds. The van der Waals surface area contributed by atoms with E-state index in [0.717, 1.165) is 19.5 Å². The molecular formula is C9H19NO. The summed E-state index contributed by atoms with van der Waals surface area (Å²) in [6, 6.07) is 0.0972. The van der Waals surface area contributed by atoms with Crippen LogP contribution >= 0.6 is 0 Å². The molecule has 0 saturated heterocycles. The van der Waals surface area contributed by atoms with Gasteiger partial charge in [-0.15, -0.1) is 0 Å². The van der Waals surface area contributed by atoms with Crippen molar-refractivity contribution in [1.82, 2.24) is 4.90 Å². The molecule has 2 nitrogen and oxygen atoms in total. The molecular weight excluding hydrogens is 138 g/mol. The first kappa shape index (κ1) is 10.6. The van der Waals surface area contributed by atoms with E-state index < -0.39 is 0 Å². The van der Waals surface area contributed by atoms with E-state index >= 15 is 0 Å². The van der Waals surface area contributed by atoms with E-state index in [1.54, 1.807) is 6.92 Å². The lowest BCUT2D eigenvalue weighted by atomic mass is 10.2. The van der Waals surface area contributed by atoms with Gasteiger partial charge in [-0.2, -0.15) is 0 Å². The fraction of sp³-hybridized carbons (Fsp3) is 0.889. The molecule has 1 atom stereocenters. The SMILES string of the molecule is CCCN(CC)C(C)C(C)=O. The number of carbonyl (C=O) groups is 1. The fourth-order valence-corrected chi connectivity index (χ4v) is 1.17. The number of rotatable bonds is 5. The van der Waals surface area contributed by atoms with Crippen molar-refractivity contribution in [3.8, 4) is 0 Å². The number of ketones is 1. The minimum atomic E-state index is 0.0972. The Morgan fingerprint density at radius 1 is 1.45 bits per heavy atom. The van der Waals surface area contributed by atoms with Gasteiger partial charge in [0.25, 0.3) is 0 Å². The highest BCUT2D eigenvalue weighted by Gasteiger charge is 2.14. The molecule has 0 aliphatic rings. The predicted molar refractivity (Wildman–Crippen MR) is 47.7 cm³/mol. The average Bonchev–Trinajstić information content (AvgIpc) is 1.98. The maximum Gasteiger partial charge on any atom is 0.146 e. The molecule has 0 aromatic carbocycles. The number of hydrogen-bond acceptors (Lipinski definition) is 2. The molecule has 0 radical (unpaired) electrons. The summed E-state index contributed by atoms with van der Waals surface area (Å²) >= 11 is 0. The van der Waals surface area contributed by atoms with E-state index in [0.29, 0.717) is 0 Å². The largest absolute Gasteiger partial charge is 0.298 e. The van der Waals surface area contributed by atoms with Gasteiger partial charge in [0.1, 0.15) is 5.78 Å². The van der Waals surface area contributed by atoms with Crippen molar-refractivity contribution in [2.75, 3.05) is 13.1 Å². The van der Waals surface area contributed by atoms with Crippen LogP contribution in [0.3, 0.4) is 0 Å². The van der Waals surface area contributed by atoms with Crippen LogP contribution in [0.4, 0.5) is 0 Å². The van der Waals surface area contributed by atoms with E-state index in [9.17, 15) is 4.79 Å². The molecule has 66 valence electrons. The van der Waals surface area contributed by atoms with Crippen molar-refractivity contribution >= 4 is 5.78 Å². The molecule has 0 aromatic rings. The van der Waals surface area contributed by atoms with Crippen LogP contribution in [0.5, 0.6) is 0 Å². The van der Waals surface area contributed by atoms with Gasteiger partial charge in [-0.3, -0.25) is 9.69 Å². The molecule has 0 bridgehead atoms. The summed E-state index contributed by atoms with van der Waals surface area (Å²) in [5.41, 5.74) is 0. The lowest BCUT2D eigenvalue weighted by Crippen LogP contribution is -2.38. The lowest BCUT2D eigenvalue weighted by Gasteiger charge is -2.24. The van der Waals surface area contributed by atoms with E-state index in [-0.39, 0.29) is 11.8 Å². The van der Waals surface area contributed by atoms with E-state index in [1.165, 1.54) is 0 Å². The van der Waals surface area contributed by atoms with Crippen molar-refractivity contribution in [3.05, 3.63) is 0 Å². The highest BCUT2D eigenvalue weighted by Crippen LogP contribution is 2.00. The summed E-state index contributed by atoms with van der Waals surface area (Å²) in [7, 11) is 0. The summed E-state index contributed by atoms with van der Waals surface area (Å²) in [6.07, 6.45) is 1.12. The fourth-order valence-electron chi connectivity index (χ4n) is 1.17. The zero-order chi connectivity index (χ0) is 8.85. The number of nitrogens with zero attached hydrogens (tertiary/aromatic N) is 1. The Balaban J connectivity index is 3.91. The zero-order valence-corrected chi connectivity index (χ0v) is 8.05. The van der Waals surface area contributed by atoms with Crippen molar-refractivity contribution in [2.24, 2.45) is 0 Å². The van der Waals surface area contributed by atoms with E-state index in [4.69, 9.17) is 0 Å². The van der Waals surface area contributed by atoms with E-state index in [2.05, 4.69) is 18.7 Å². The molecule has 0 aromatic heterocycles. The van der Waals surface area contributed by atoms with Crippen molar-refractivity contribution in [2.45, 2.75) is 40.2 Å². The Morgan fingerprint density at radius 2 is 2.00 bits per heavy atom. The normalized spacial score (nSPS) is 13.5. The monoisotopic (exact) mass is 157 g/mol. The third-order valence-corrected chi connectivity index (χ3v) is 2.05. The minimum Gasteiger partial charge on any atom is -0.298 e. The van der Waals surface area contributed by atoms with Gasteiger partial charge in [0.05, 0.1) is 6.04 Å². The quantitative estimate of drug-likeness (QED) is 0.605. The van der Waals surface area contributed by atoms with Gasteiger partial charge in [-0.25, -0.2) is 0 Å². The first-order chi connectivity index (χ1) is 5.13.